The van der Waals surface area contributed by atoms with Gasteiger partial charge in [0.2, 0.25) is 5.91 Å². The lowest BCUT2D eigenvalue weighted by Gasteiger charge is -2.10. The number of halogens is 3. The van der Waals surface area contributed by atoms with Crippen molar-refractivity contribution in [1.82, 2.24) is 0 Å². The zero-order valence-electron chi connectivity index (χ0n) is 9.25. The van der Waals surface area contributed by atoms with Crippen molar-refractivity contribution in [3.8, 4) is 0 Å². The molecule has 1 aromatic carbocycles. The maximum Gasteiger partial charge on any atom is 0.423 e. The molecule has 0 aliphatic carbocycles. The van der Waals surface area contributed by atoms with E-state index in [0.29, 0.717) is 6.07 Å². The van der Waals surface area contributed by atoms with Crippen molar-refractivity contribution < 1.29 is 22.9 Å². The van der Waals surface area contributed by atoms with Gasteiger partial charge in [0.1, 0.15) is 11.3 Å². The molecule has 0 aromatic heterocycles. The van der Waals surface area contributed by atoms with Crippen molar-refractivity contribution in [2.24, 2.45) is 0 Å². The summed E-state index contributed by atoms with van der Waals surface area (Å²) in [6.45, 7) is 1.48. The van der Waals surface area contributed by atoms with Crippen molar-refractivity contribution in [3.05, 3.63) is 33.9 Å². The standard InChI is InChI=1S/C10H9F3N2O3/c1-2-8(16)14-7-5-3-4-6(10(11,12)13)9(7)15(17)18/h3-5H,2H2,1H3,(H,14,16). The summed E-state index contributed by atoms with van der Waals surface area (Å²) in [7, 11) is 0. The second kappa shape index (κ2) is 5.03. The van der Waals surface area contributed by atoms with E-state index < -0.39 is 33.9 Å². The Balaban J connectivity index is 3.35. The molecule has 1 rings (SSSR count). The summed E-state index contributed by atoms with van der Waals surface area (Å²) < 4.78 is 37.8. The van der Waals surface area contributed by atoms with Gasteiger partial charge in [0.25, 0.3) is 0 Å². The first-order valence-corrected chi connectivity index (χ1v) is 4.91. The Kier molecular flexibility index (Phi) is 3.89. The molecular weight excluding hydrogens is 253 g/mol. The van der Waals surface area contributed by atoms with Gasteiger partial charge in [-0.05, 0) is 12.1 Å². The number of hydrogen-bond acceptors (Lipinski definition) is 3. The average molecular weight is 262 g/mol. The molecule has 0 heterocycles. The topological polar surface area (TPSA) is 72.2 Å². The number of para-hydroxylation sites is 1. The number of nitrogens with one attached hydrogen (secondary N) is 1. The lowest BCUT2D eigenvalue weighted by atomic mass is 10.1. The smallest absolute Gasteiger partial charge is 0.320 e. The summed E-state index contributed by atoms with van der Waals surface area (Å²) >= 11 is 0. The molecule has 1 aromatic rings. The van der Waals surface area contributed by atoms with Crippen molar-refractivity contribution >= 4 is 17.3 Å². The second-order valence-corrected chi connectivity index (χ2v) is 3.36. The van der Waals surface area contributed by atoms with E-state index in [2.05, 4.69) is 5.32 Å². The van der Waals surface area contributed by atoms with E-state index in [9.17, 15) is 28.1 Å². The number of rotatable bonds is 3. The summed E-state index contributed by atoms with van der Waals surface area (Å²) in [6.07, 6.45) is -4.84. The first-order chi connectivity index (χ1) is 8.27. The minimum atomic E-state index is -4.85. The lowest BCUT2D eigenvalue weighted by Crippen LogP contribution is -2.15. The van der Waals surface area contributed by atoms with E-state index in [1.54, 1.807) is 0 Å². The highest BCUT2D eigenvalue weighted by molar-refractivity contribution is 5.93. The van der Waals surface area contributed by atoms with E-state index >= 15 is 0 Å². The van der Waals surface area contributed by atoms with Gasteiger partial charge >= 0.3 is 11.9 Å². The van der Waals surface area contributed by atoms with Crippen LogP contribution in [0.15, 0.2) is 18.2 Å². The van der Waals surface area contributed by atoms with E-state index in [1.165, 1.54) is 6.92 Å². The Labute approximate surface area is 99.8 Å². The number of benzene rings is 1. The average Bonchev–Trinajstić information content (AvgIpc) is 2.27. The fourth-order valence-electron chi connectivity index (χ4n) is 1.31. The maximum atomic E-state index is 12.6. The SMILES string of the molecule is CCC(=O)Nc1cccc(C(F)(F)F)c1[N+](=O)[O-]. The summed E-state index contributed by atoms with van der Waals surface area (Å²) in [4.78, 5) is 20.7. The predicted octanol–water partition coefficient (Wildman–Crippen LogP) is 2.96. The minimum absolute atomic E-state index is 0.00734. The van der Waals surface area contributed by atoms with Gasteiger partial charge in [0.15, 0.2) is 0 Å². The van der Waals surface area contributed by atoms with Gasteiger partial charge in [-0.1, -0.05) is 13.0 Å². The molecule has 8 heteroatoms. The number of anilines is 1. The molecule has 0 saturated heterocycles. The van der Waals surface area contributed by atoms with Crippen molar-refractivity contribution in [3.63, 3.8) is 0 Å². The number of carbonyl (C=O) groups is 1. The van der Waals surface area contributed by atoms with Crippen LogP contribution in [0.2, 0.25) is 0 Å². The van der Waals surface area contributed by atoms with Crippen LogP contribution in [0.1, 0.15) is 18.9 Å². The minimum Gasteiger partial charge on any atom is -0.320 e. The van der Waals surface area contributed by atoms with Crippen molar-refractivity contribution in [2.45, 2.75) is 19.5 Å². The first-order valence-electron chi connectivity index (χ1n) is 4.91. The van der Waals surface area contributed by atoms with Gasteiger partial charge < -0.3 is 5.32 Å². The largest absolute Gasteiger partial charge is 0.423 e. The van der Waals surface area contributed by atoms with Crippen molar-refractivity contribution in [2.75, 3.05) is 5.32 Å². The summed E-state index contributed by atoms with van der Waals surface area (Å²) in [5.41, 5.74) is -2.99. The van der Waals surface area contributed by atoms with Gasteiger partial charge in [-0.3, -0.25) is 14.9 Å². The third-order valence-corrected chi connectivity index (χ3v) is 2.12. The highest BCUT2D eigenvalue weighted by atomic mass is 19.4. The fourth-order valence-corrected chi connectivity index (χ4v) is 1.31. The molecule has 18 heavy (non-hydrogen) atoms. The number of nitro groups is 1. The van der Waals surface area contributed by atoms with Gasteiger partial charge in [-0.15, -0.1) is 0 Å². The predicted molar refractivity (Wildman–Crippen MR) is 57.0 cm³/mol. The van der Waals surface area contributed by atoms with Crippen LogP contribution < -0.4 is 5.32 Å². The third kappa shape index (κ3) is 2.96. The summed E-state index contributed by atoms with van der Waals surface area (Å²) in [5.74, 6) is -0.600. The van der Waals surface area contributed by atoms with Crippen molar-refractivity contribution in [1.29, 1.82) is 0 Å². The lowest BCUT2D eigenvalue weighted by molar-refractivity contribution is -0.387. The normalized spacial score (nSPS) is 11.1. The number of hydrogen-bond donors (Lipinski definition) is 1. The summed E-state index contributed by atoms with van der Waals surface area (Å²) in [5, 5.41) is 12.8. The van der Waals surface area contributed by atoms with Gasteiger partial charge in [0, 0.05) is 6.42 Å². The van der Waals surface area contributed by atoms with Crippen LogP contribution in [-0.4, -0.2) is 10.8 Å². The molecule has 0 aliphatic rings. The molecule has 0 atom stereocenters. The molecule has 0 radical (unpaired) electrons. The van der Waals surface area contributed by atoms with E-state index in [0.717, 1.165) is 12.1 Å². The van der Waals surface area contributed by atoms with Crippen LogP contribution in [0.3, 0.4) is 0 Å². The van der Waals surface area contributed by atoms with Crippen LogP contribution in [0, 0.1) is 10.1 Å². The molecule has 98 valence electrons. The molecule has 0 aliphatic heterocycles. The number of nitrogens with zero attached hydrogens (tertiary/aromatic N) is 1. The van der Waals surface area contributed by atoms with Gasteiger partial charge in [-0.25, -0.2) is 0 Å². The molecule has 1 amide bonds. The Morgan fingerprint density at radius 2 is 2.06 bits per heavy atom. The first kappa shape index (κ1) is 13.9. The molecule has 0 saturated carbocycles. The van der Waals surface area contributed by atoms with Gasteiger partial charge in [-0.2, -0.15) is 13.2 Å². The van der Waals surface area contributed by atoms with E-state index in [-0.39, 0.29) is 6.42 Å². The Morgan fingerprint density at radius 3 is 2.50 bits per heavy atom. The molecule has 0 spiro atoms. The number of carbonyl (C=O) groups excluding carboxylic acids is 1. The number of alkyl halides is 3. The Bertz CT molecular complexity index is 486. The van der Waals surface area contributed by atoms with Crippen LogP contribution in [-0.2, 0) is 11.0 Å². The Hall–Kier alpha value is -2.12. The third-order valence-electron chi connectivity index (χ3n) is 2.12. The van der Waals surface area contributed by atoms with E-state index in [4.69, 9.17) is 0 Å². The number of nitro benzene ring substituents is 1. The van der Waals surface area contributed by atoms with Crippen LogP contribution in [0.5, 0.6) is 0 Å². The van der Waals surface area contributed by atoms with E-state index in [1.807, 2.05) is 0 Å². The maximum absolute atomic E-state index is 12.6. The highest BCUT2D eigenvalue weighted by Crippen LogP contribution is 2.39. The quantitative estimate of drug-likeness (QED) is 0.672. The molecule has 0 fully saturated rings. The molecule has 0 unspecified atom stereocenters. The second-order valence-electron chi connectivity index (χ2n) is 3.36. The summed E-state index contributed by atoms with van der Waals surface area (Å²) in [6, 6.07) is 2.65. The fraction of sp³-hybridized carbons (Fsp3) is 0.300. The molecule has 5 nitrogen and oxygen atoms in total. The molecular formula is C10H9F3N2O3. The Morgan fingerprint density at radius 1 is 1.44 bits per heavy atom. The number of amides is 1. The highest BCUT2D eigenvalue weighted by Gasteiger charge is 2.39. The van der Waals surface area contributed by atoms with Gasteiger partial charge in [0.05, 0.1) is 4.92 Å². The zero-order chi connectivity index (χ0) is 13.9. The molecule has 0 bridgehead atoms. The zero-order valence-corrected chi connectivity index (χ0v) is 9.25. The molecule has 1 N–H and O–H groups in total. The van der Waals surface area contributed by atoms with Crippen LogP contribution in [0.25, 0.3) is 0 Å². The van der Waals surface area contributed by atoms with Crippen LogP contribution >= 0.6 is 0 Å². The van der Waals surface area contributed by atoms with Crippen LogP contribution in [0.4, 0.5) is 24.5 Å². The monoisotopic (exact) mass is 262 g/mol.